The standard InChI is InChI=1S/C18H27N3O4S.ClH/c1-19-11-15-12-21(26(22,23)20-7-9-25-10-8-20)13-17(15)18(19)14-3-5-16(24-2)6-4-14;/h3-6,15,17-18H,7-13H2,1-2H3;1H/t15-,17+,18-;/m0./s1. The van der Waals surface area contributed by atoms with Crippen LogP contribution in [0.2, 0.25) is 0 Å². The number of morpholine rings is 1. The number of hydrogen-bond acceptors (Lipinski definition) is 5. The van der Waals surface area contributed by atoms with Crippen molar-refractivity contribution in [1.29, 1.82) is 0 Å². The van der Waals surface area contributed by atoms with E-state index in [1.165, 1.54) is 5.56 Å². The van der Waals surface area contributed by atoms with Crippen LogP contribution < -0.4 is 4.74 Å². The van der Waals surface area contributed by atoms with Crippen molar-refractivity contribution in [2.24, 2.45) is 11.8 Å². The highest BCUT2D eigenvalue weighted by molar-refractivity contribution is 7.86. The van der Waals surface area contributed by atoms with Crippen molar-refractivity contribution in [2.45, 2.75) is 6.04 Å². The van der Waals surface area contributed by atoms with E-state index in [4.69, 9.17) is 9.47 Å². The Morgan fingerprint density at radius 1 is 1.04 bits per heavy atom. The van der Waals surface area contributed by atoms with Crippen molar-refractivity contribution in [3.63, 3.8) is 0 Å². The van der Waals surface area contributed by atoms with Crippen molar-refractivity contribution >= 4 is 22.6 Å². The van der Waals surface area contributed by atoms with Gasteiger partial charge in [-0.15, -0.1) is 12.4 Å². The van der Waals surface area contributed by atoms with E-state index in [1.807, 2.05) is 12.1 Å². The van der Waals surface area contributed by atoms with Crippen LogP contribution in [0.15, 0.2) is 24.3 Å². The normalized spacial score (nSPS) is 30.1. The van der Waals surface area contributed by atoms with E-state index < -0.39 is 10.2 Å². The van der Waals surface area contributed by atoms with Crippen molar-refractivity contribution in [2.75, 3.05) is 60.1 Å². The highest BCUT2D eigenvalue weighted by atomic mass is 35.5. The van der Waals surface area contributed by atoms with Gasteiger partial charge in [0, 0.05) is 38.8 Å². The lowest BCUT2D eigenvalue weighted by Gasteiger charge is -2.31. The smallest absolute Gasteiger partial charge is 0.282 e. The molecule has 0 unspecified atom stereocenters. The second-order valence-electron chi connectivity index (χ2n) is 7.42. The molecule has 3 fully saturated rings. The van der Waals surface area contributed by atoms with Gasteiger partial charge in [0.15, 0.2) is 0 Å². The van der Waals surface area contributed by atoms with Gasteiger partial charge in [-0.2, -0.15) is 17.0 Å². The van der Waals surface area contributed by atoms with Crippen molar-refractivity contribution in [3.05, 3.63) is 29.8 Å². The molecule has 9 heteroatoms. The number of nitrogens with zero attached hydrogens (tertiary/aromatic N) is 3. The second-order valence-corrected chi connectivity index (χ2v) is 9.35. The van der Waals surface area contributed by atoms with E-state index in [1.54, 1.807) is 15.7 Å². The van der Waals surface area contributed by atoms with E-state index in [0.29, 0.717) is 51.2 Å². The van der Waals surface area contributed by atoms with Crippen molar-refractivity contribution in [1.82, 2.24) is 13.5 Å². The summed E-state index contributed by atoms with van der Waals surface area (Å²) in [5.41, 5.74) is 1.23. The van der Waals surface area contributed by atoms with Crippen LogP contribution in [0.25, 0.3) is 0 Å². The Morgan fingerprint density at radius 3 is 2.33 bits per heavy atom. The first-order chi connectivity index (χ1) is 12.5. The number of methoxy groups -OCH3 is 1. The first kappa shape index (κ1) is 20.8. The largest absolute Gasteiger partial charge is 0.497 e. The van der Waals surface area contributed by atoms with Gasteiger partial charge in [0.1, 0.15) is 5.75 Å². The molecular formula is C18H28ClN3O4S. The SMILES string of the molecule is COc1ccc([C@H]2[C@@H]3CN(S(=O)(=O)N4CCOCC4)C[C@@H]3CN2C)cc1.Cl. The number of ether oxygens (including phenoxy) is 2. The predicted octanol–water partition coefficient (Wildman–Crippen LogP) is 1.23. The van der Waals surface area contributed by atoms with Gasteiger partial charge in [-0.3, -0.25) is 4.90 Å². The van der Waals surface area contributed by atoms with E-state index in [-0.39, 0.29) is 18.4 Å². The summed E-state index contributed by atoms with van der Waals surface area (Å²) in [4.78, 5) is 2.36. The summed E-state index contributed by atoms with van der Waals surface area (Å²) in [6, 6.07) is 8.40. The fourth-order valence-corrected chi connectivity index (χ4v) is 6.33. The van der Waals surface area contributed by atoms with Crippen LogP contribution in [-0.4, -0.2) is 82.0 Å². The molecule has 7 nitrogen and oxygen atoms in total. The van der Waals surface area contributed by atoms with E-state index in [0.717, 1.165) is 12.3 Å². The van der Waals surface area contributed by atoms with Crippen LogP contribution in [0.3, 0.4) is 0 Å². The maximum atomic E-state index is 13.0. The average Bonchev–Trinajstić information content (AvgIpc) is 3.20. The number of likely N-dealkylation sites (tertiary alicyclic amines) is 1. The first-order valence-electron chi connectivity index (χ1n) is 9.18. The summed E-state index contributed by atoms with van der Waals surface area (Å²) in [5.74, 6) is 1.54. The van der Waals surface area contributed by atoms with Crippen LogP contribution >= 0.6 is 12.4 Å². The lowest BCUT2D eigenvalue weighted by Crippen LogP contribution is -2.48. The summed E-state index contributed by atoms with van der Waals surface area (Å²) in [6.45, 7) is 4.00. The molecule has 1 aromatic rings. The Bertz CT molecular complexity index is 739. The molecule has 27 heavy (non-hydrogen) atoms. The Labute approximate surface area is 167 Å². The van der Waals surface area contributed by atoms with Crippen molar-refractivity contribution < 1.29 is 17.9 Å². The van der Waals surface area contributed by atoms with Gasteiger partial charge in [0.05, 0.1) is 20.3 Å². The van der Waals surface area contributed by atoms with Gasteiger partial charge in [-0.1, -0.05) is 12.1 Å². The average molecular weight is 418 g/mol. The monoisotopic (exact) mass is 417 g/mol. The zero-order valence-corrected chi connectivity index (χ0v) is 17.4. The summed E-state index contributed by atoms with van der Waals surface area (Å²) >= 11 is 0. The minimum atomic E-state index is -3.39. The molecule has 0 radical (unpaired) electrons. The lowest BCUT2D eigenvalue weighted by atomic mass is 9.89. The third-order valence-corrected chi connectivity index (χ3v) is 7.91. The maximum absolute atomic E-state index is 13.0. The molecule has 3 saturated heterocycles. The zero-order chi connectivity index (χ0) is 18.3. The third kappa shape index (κ3) is 3.83. The maximum Gasteiger partial charge on any atom is 0.282 e. The summed E-state index contributed by atoms with van der Waals surface area (Å²) in [6.07, 6.45) is 0. The lowest BCUT2D eigenvalue weighted by molar-refractivity contribution is 0.0703. The number of benzene rings is 1. The van der Waals surface area contributed by atoms with Gasteiger partial charge in [0.2, 0.25) is 0 Å². The molecule has 3 aliphatic heterocycles. The topological polar surface area (TPSA) is 62.3 Å². The molecule has 3 aliphatic rings. The number of rotatable bonds is 4. The first-order valence-corrected chi connectivity index (χ1v) is 10.6. The molecule has 0 spiro atoms. The van der Waals surface area contributed by atoms with Gasteiger partial charge in [-0.25, -0.2) is 0 Å². The highest BCUT2D eigenvalue weighted by Crippen LogP contribution is 2.45. The van der Waals surface area contributed by atoms with E-state index >= 15 is 0 Å². The van der Waals surface area contributed by atoms with Gasteiger partial charge >= 0.3 is 0 Å². The fourth-order valence-electron chi connectivity index (χ4n) is 4.65. The van der Waals surface area contributed by atoms with Gasteiger partial charge in [-0.05, 0) is 36.6 Å². The summed E-state index contributed by atoms with van der Waals surface area (Å²) in [5, 5.41) is 0. The van der Waals surface area contributed by atoms with Crippen LogP contribution in [0, 0.1) is 11.8 Å². The summed E-state index contributed by atoms with van der Waals surface area (Å²) < 4.78 is 39.8. The molecular weight excluding hydrogens is 390 g/mol. The zero-order valence-electron chi connectivity index (χ0n) is 15.8. The molecule has 0 aromatic heterocycles. The third-order valence-electron chi connectivity index (χ3n) is 5.94. The Kier molecular flexibility index (Phi) is 6.34. The molecule has 3 atom stereocenters. The number of hydrogen-bond donors (Lipinski definition) is 0. The van der Waals surface area contributed by atoms with Gasteiger partial charge in [0.25, 0.3) is 10.2 Å². The molecule has 4 rings (SSSR count). The Hall–Kier alpha value is -0.900. The predicted molar refractivity (Wildman–Crippen MR) is 105 cm³/mol. The van der Waals surface area contributed by atoms with Crippen LogP contribution in [0.4, 0.5) is 0 Å². The molecule has 0 amide bonds. The quantitative estimate of drug-likeness (QED) is 0.737. The Morgan fingerprint density at radius 2 is 1.70 bits per heavy atom. The Balaban J connectivity index is 0.00000210. The molecule has 3 heterocycles. The fraction of sp³-hybridized carbons (Fsp3) is 0.667. The number of fused-ring (bicyclic) bond motifs is 1. The number of halogens is 1. The van der Waals surface area contributed by atoms with E-state index in [9.17, 15) is 8.42 Å². The molecule has 0 saturated carbocycles. The van der Waals surface area contributed by atoms with E-state index in [2.05, 4.69) is 24.1 Å². The van der Waals surface area contributed by atoms with Crippen LogP contribution in [-0.2, 0) is 14.9 Å². The molecule has 0 N–H and O–H groups in total. The second kappa shape index (κ2) is 8.23. The van der Waals surface area contributed by atoms with Crippen molar-refractivity contribution in [3.8, 4) is 5.75 Å². The molecule has 1 aromatic carbocycles. The molecule has 152 valence electrons. The molecule has 0 aliphatic carbocycles. The highest BCUT2D eigenvalue weighted by Gasteiger charge is 2.49. The van der Waals surface area contributed by atoms with Gasteiger partial charge < -0.3 is 9.47 Å². The summed E-state index contributed by atoms with van der Waals surface area (Å²) in [7, 11) is 0.408. The minimum absolute atomic E-state index is 0. The molecule has 0 bridgehead atoms. The minimum Gasteiger partial charge on any atom is -0.497 e. The van der Waals surface area contributed by atoms with Crippen LogP contribution in [0.5, 0.6) is 5.75 Å². The van der Waals surface area contributed by atoms with Crippen LogP contribution in [0.1, 0.15) is 11.6 Å².